The lowest BCUT2D eigenvalue weighted by Crippen LogP contribution is -2.35. The first-order valence-electron chi connectivity index (χ1n) is 8.18. The van der Waals surface area contributed by atoms with E-state index in [0.29, 0.717) is 20.5 Å². The molecule has 150 valence electrons. The highest BCUT2D eigenvalue weighted by Crippen LogP contribution is 2.36. The number of carboxylic acids is 1. The average molecular weight is 484 g/mol. The van der Waals surface area contributed by atoms with E-state index in [2.05, 4.69) is 21.2 Å². The Morgan fingerprint density at radius 1 is 1.31 bits per heavy atom. The van der Waals surface area contributed by atoms with Crippen LogP contribution in [-0.4, -0.2) is 34.5 Å². The van der Waals surface area contributed by atoms with Gasteiger partial charge in [0.25, 0.3) is 5.91 Å². The molecule has 1 fully saturated rings. The van der Waals surface area contributed by atoms with Gasteiger partial charge in [0, 0.05) is 5.56 Å². The molecule has 2 aromatic rings. The molecule has 29 heavy (non-hydrogen) atoms. The molecule has 0 spiro atoms. The number of carbonyl (C=O) groups excluding carboxylic acids is 2. The van der Waals surface area contributed by atoms with Gasteiger partial charge in [-0.05, 0) is 45.8 Å². The van der Waals surface area contributed by atoms with Crippen LogP contribution in [0, 0.1) is 5.82 Å². The molecule has 0 saturated carbocycles. The lowest BCUT2D eigenvalue weighted by molar-refractivity contribution is -0.140. The summed E-state index contributed by atoms with van der Waals surface area (Å²) in [7, 11) is 0. The molecule has 2 N–H and O–H groups in total. The highest BCUT2D eigenvalue weighted by atomic mass is 79.9. The zero-order valence-electron chi connectivity index (χ0n) is 14.6. The van der Waals surface area contributed by atoms with E-state index in [9.17, 15) is 18.8 Å². The van der Waals surface area contributed by atoms with Crippen LogP contribution in [0.4, 0.5) is 9.18 Å². The van der Waals surface area contributed by atoms with Crippen molar-refractivity contribution in [1.29, 1.82) is 0 Å². The number of carbonyl (C=O) groups is 3. The van der Waals surface area contributed by atoms with E-state index in [1.165, 1.54) is 18.2 Å². The molecule has 10 heteroatoms. The van der Waals surface area contributed by atoms with Crippen LogP contribution in [0.1, 0.15) is 11.1 Å². The Kier molecular flexibility index (Phi) is 6.19. The first-order valence-corrected chi connectivity index (χ1v) is 9.35. The van der Waals surface area contributed by atoms with Crippen molar-refractivity contribution >= 4 is 51.5 Å². The topological polar surface area (TPSA) is 95.9 Å². The Morgan fingerprint density at radius 2 is 2.03 bits per heavy atom. The summed E-state index contributed by atoms with van der Waals surface area (Å²) in [4.78, 5) is 35.3. The lowest BCUT2D eigenvalue weighted by Gasteiger charge is -2.12. The van der Waals surface area contributed by atoms with Crippen LogP contribution in [0.15, 0.2) is 46.6 Å². The van der Waals surface area contributed by atoms with Gasteiger partial charge in [0.1, 0.15) is 24.7 Å². The Hall–Kier alpha value is -2.91. The first kappa shape index (κ1) is 20.8. The third-order valence-corrected chi connectivity index (χ3v) is 4.79. The van der Waals surface area contributed by atoms with Gasteiger partial charge >= 0.3 is 12.0 Å². The highest BCUT2D eigenvalue weighted by Gasteiger charge is 2.34. The Balaban J connectivity index is 1.80. The minimum Gasteiger partial charge on any atom is -0.486 e. The van der Waals surface area contributed by atoms with Crippen molar-refractivity contribution in [2.75, 3.05) is 6.54 Å². The van der Waals surface area contributed by atoms with Crippen LogP contribution in [0.5, 0.6) is 5.75 Å². The van der Waals surface area contributed by atoms with Crippen LogP contribution in [0.25, 0.3) is 6.08 Å². The number of imide groups is 1. The summed E-state index contributed by atoms with van der Waals surface area (Å²) in [5.41, 5.74) is 0.736. The highest BCUT2D eigenvalue weighted by molar-refractivity contribution is 9.10. The predicted molar refractivity (Wildman–Crippen MR) is 106 cm³/mol. The minimum atomic E-state index is -1.31. The van der Waals surface area contributed by atoms with Crippen molar-refractivity contribution in [3.63, 3.8) is 0 Å². The molecule has 0 radical (unpaired) electrons. The van der Waals surface area contributed by atoms with Gasteiger partial charge in [0.15, 0.2) is 5.75 Å². The second kappa shape index (κ2) is 8.62. The Labute approximate surface area is 177 Å². The number of carboxylic acid groups (broad SMARTS) is 1. The molecule has 0 aliphatic carbocycles. The van der Waals surface area contributed by atoms with Crippen LogP contribution in [0.2, 0.25) is 5.02 Å². The maximum Gasteiger partial charge on any atom is 0.329 e. The van der Waals surface area contributed by atoms with E-state index in [4.69, 9.17) is 21.4 Å². The summed E-state index contributed by atoms with van der Waals surface area (Å²) in [6.07, 6.45) is 1.36. The molecular formula is C19H13BrClFN2O5. The largest absolute Gasteiger partial charge is 0.486 e. The third kappa shape index (κ3) is 4.75. The van der Waals surface area contributed by atoms with Gasteiger partial charge in [-0.2, -0.15) is 0 Å². The zero-order valence-corrected chi connectivity index (χ0v) is 17.0. The first-order chi connectivity index (χ1) is 13.8. The molecule has 2 aromatic carbocycles. The maximum atomic E-state index is 13.7. The molecule has 0 bridgehead atoms. The van der Waals surface area contributed by atoms with E-state index >= 15 is 0 Å². The molecule has 0 unspecified atom stereocenters. The van der Waals surface area contributed by atoms with E-state index in [-0.39, 0.29) is 23.1 Å². The monoisotopic (exact) mass is 482 g/mol. The average Bonchev–Trinajstić information content (AvgIpc) is 2.89. The van der Waals surface area contributed by atoms with Crippen molar-refractivity contribution in [3.05, 3.63) is 68.5 Å². The second-order valence-corrected chi connectivity index (χ2v) is 7.23. The van der Waals surface area contributed by atoms with E-state index < -0.39 is 30.3 Å². The summed E-state index contributed by atoms with van der Waals surface area (Å²) < 4.78 is 19.8. The van der Waals surface area contributed by atoms with E-state index in [0.717, 1.165) is 0 Å². The van der Waals surface area contributed by atoms with E-state index in [1.807, 2.05) is 0 Å². The number of urea groups is 1. The fourth-order valence-corrected chi connectivity index (χ4v) is 3.57. The summed E-state index contributed by atoms with van der Waals surface area (Å²) in [5, 5.41) is 11.3. The van der Waals surface area contributed by atoms with Crippen molar-refractivity contribution in [3.8, 4) is 5.75 Å². The van der Waals surface area contributed by atoms with Gasteiger partial charge in [0.2, 0.25) is 0 Å². The number of aliphatic carboxylic acids is 1. The van der Waals surface area contributed by atoms with Crippen LogP contribution < -0.4 is 10.1 Å². The van der Waals surface area contributed by atoms with Gasteiger partial charge in [-0.15, -0.1) is 0 Å². The van der Waals surface area contributed by atoms with Crippen molar-refractivity contribution in [2.45, 2.75) is 6.61 Å². The molecule has 3 rings (SSSR count). The third-order valence-electron chi connectivity index (χ3n) is 3.92. The van der Waals surface area contributed by atoms with Gasteiger partial charge in [0.05, 0.1) is 9.50 Å². The smallest absolute Gasteiger partial charge is 0.329 e. The Bertz CT molecular complexity index is 1020. The second-order valence-electron chi connectivity index (χ2n) is 5.97. The summed E-state index contributed by atoms with van der Waals surface area (Å²) >= 11 is 9.57. The standard InChI is InChI=1S/C19H13BrClFN2O5/c20-12-5-10(7-15-18(27)24(8-16(25)26)19(28)23-15)6-13(21)17(12)29-9-11-3-1-2-4-14(11)22/h1-7H,8-9H2,(H,23,28)(H,25,26)/b15-7+. The van der Waals surface area contributed by atoms with E-state index in [1.54, 1.807) is 24.3 Å². The van der Waals surface area contributed by atoms with Crippen molar-refractivity contribution in [1.82, 2.24) is 10.2 Å². The van der Waals surface area contributed by atoms with Gasteiger partial charge in [-0.3, -0.25) is 9.59 Å². The quantitative estimate of drug-likeness (QED) is 0.481. The predicted octanol–water partition coefficient (Wildman–Crippen LogP) is 3.80. The molecule has 1 heterocycles. The summed E-state index contributed by atoms with van der Waals surface area (Å²) in [6, 6.07) is 8.44. The molecule has 0 aromatic heterocycles. The molecule has 3 amide bonds. The number of nitrogens with one attached hydrogen (secondary N) is 1. The Morgan fingerprint density at radius 3 is 2.69 bits per heavy atom. The number of rotatable bonds is 6. The number of halogens is 3. The van der Waals surface area contributed by atoms with Crippen LogP contribution in [-0.2, 0) is 16.2 Å². The van der Waals surface area contributed by atoms with Crippen LogP contribution in [0.3, 0.4) is 0 Å². The molecule has 1 saturated heterocycles. The minimum absolute atomic E-state index is 0.0376. The number of benzene rings is 2. The van der Waals surface area contributed by atoms with Crippen molar-refractivity contribution < 1.29 is 28.6 Å². The molecule has 0 atom stereocenters. The number of amides is 3. The molecule has 1 aliphatic rings. The molecule has 7 nitrogen and oxygen atoms in total. The fraction of sp³-hybridized carbons (Fsp3) is 0.105. The zero-order chi connectivity index (χ0) is 21.1. The number of nitrogens with zero attached hydrogens (tertiary/aromatic N) is 1. The van der Waals surface area contributed by atoms with Gasteiger partial charge < -0.3 is 15.2 Å². The normalized spacial score (nSPS) is 15.0. The van der Waals surface area contributed by atoms with Crippen LogP contribution >= 0.6 is 27.5 Å². The number of ether oxygens (including phenoxy) is 1. The molecular weight excluding hydrogens is 471 g/mol. The number of hydrogen-bond donors (Lipinski definition) is 2. The lowest BCUT2D eigenvalue weighted by atomic mass is 10.1. The molecule has 1 aliphatic heterocycles. The maximum absolute atomic E-state index is 13.7. The SMILES string of the molecule is O=C(O)CN1C(=O)N/C(=C/c2cc(Cl)c(OCc3ccccc3F)c(Br)c2)C1=O. The summed E-state index contributed by atoms with van der Waals surface area (Å²) in [5.74, 6) is -2.18. The summed E-state index contributed by atoms with van der Waals surface area (Å²) in [6.45, 7) is -0.778. The van der Waals surface area contributed by atoms with Gasteiger partial charge in [-0.25, -0.2) is 14.1 Å². The van der Waals surface area contributed by atoms with Gasteiger partial charge in [-0.1, -0.05) is 29.8 Å². The fourth-order valence-electron chi connectivity index (χ4n) is 2.58. The van der Waals surface area contributed by atoms with Crippen molar-refractivity contribution in [2.24, 2.45) is 0 Å². The number of hydrogen-bond acceptors (Lipinski definition) is 4.